The number of rotatable bonds is 8. The number of non-ortho nitro benzene ring substituents is 2. The van der Waals surface area contributed by atoms with Gasteiger partial charge in [-0.2, -0.15) is 0 Å². The van der Waals surface area contributed by atoms with Crippen molar-refractivity contribution in [1.82, 2.24) is 15.1 Å². The van der Waals surface area contributed by atoms with Crippen molar-refractivity contribution in [3.05, 3.63) is 102 Å². The van der Waals surface area contributed by atoms with Crippen LogP contribution in [0.3, 0.4) is 0 Å². The smallest absolute Gasteiger partial charge is 0.336 e. The summed E-state index contributed by atoms with van der Waals surface area (Å²) in [5, 5.41) is 36.4. The first-order valence-corrected chi connectivity index (χ1v) is 12.9. The molecule has 3 atom stereocenters. The number of ether oxygens (including phenoxy) is 1. The Morgan fingerprint density at radius 1 is 1.00 bits per heavy atom. The van der Waals surface area contributed by atoms with Crippen LogP contribution in [0.5, 0.6) is 0 Å². The van der Waals surface area contributed by atoms with Gasteiger partial charge < -0.3 is 20.1 Å². The van der Waals surface area contributed by atoms with E-state index in [0.29, 0.717) is 31.0 Å². The molecule has 216 valence electrons. The number of hydrogen-bond acceptors (Lipinski definition) is 10. The molecule has 41 heavy (non-hydrogen) atoms. The Morgan fingerprint density at radius 2 is 1.63 bits per heavy atom. The third-order valence-electron chi connectivity index (χ3n) is 7.76. The highest BCUT2D eigenvalue weighted by Gasteiger charge is 2.43. The number of carbonyl (C=O) groups is 2. The number of carbonyl (C=O) groups excluding carboxylic acids is 1. The average Bonchev–Trinajstić information content (AvgIpc) is 2.96. The fraction of sp³-hybridized carbons (Fsp3) is 0.357. The lowest BCUT2D eigenvalue weighted by Crippen LogP contribution is -2.55. The molecule has 13 nitrogen and oxygen atoms in total. The van der Waals surface area contributed by atoms with E-state index in [1.54, 1.807) is 36.9 Å². The molecule has 0 bridgehead atoms. The van der Waals surface area contributed by atoms with Crippen LogP contribution in [0.15, 0.2) is 71.1 Å². The third kappa shape index (κ3) is 5.54. The Hall–Kier alpha value is -4.62. The van der Waals surface area contributed by atoms with Crippen LogP contribution in [-0.2, 0) is 14.3 Å². The number of esters is 1. The average molecular weight is 566 g/mol. The van der Waals surface area contributed by atoms with Crippen molar-refractivity contribution < 1.29 is 29.3 Å². The topological polar surface area (TPSA) is 168 Å². The molecule has 13 heteroatoms. The van der Waals surface area contributed by atoms with E-state index in [1.807, 2.05) is 6.92 Å². The maximum Gasteiger partial charge on any atom is 0.336 e. The highest BCUT2D eigenvalue weighted by molar-refractivity contribution is 5.99. The van der Waals surface area contributed by atoms with Crippen LogP contribution in [0.1, 0.15) is 43.9 Å². The number of nitro groups is 2. The van der Waals surface area contributed by atoms with E-state index in [9.17, 15) is 34.9 Å². The van der Waals surface area contributed by atoms with E-state index in [4.69, 9.17) is 4.74 Å². The predicted octanol–water partition coefficient (Wildman–Crippen LogP) is 3.70. The second kappa shape index (κ2) is 11.9. The van der Waals surface area contributed by atoms with Gasteiger partial charge in [0.25, 0.3) is 11.4 Å². The number of nitro benzene ring substituents is 2. The normalized spacial score (nSPS) is 20.5. The first kappa shape index (κ1) is 29.4. The number of methoxy groups -OCH3 is 1. The van der Waals surface area contributed by atoms with Gasteiger partial charge in [0.2, 0.25) is 0 Å². The lowest BCUT2D eigenvalue weighted by molar-refractivity contribution is -0.385. The van der Waals surface area contributed by atoms with Gasteiger partial charge in [0.05, 0.1) is 40.2 Å². The molecular weight excluding hydrogens is 534 g/mol. The molecule has 2 aromatic carbocycles. The molecule has 2 aliphatic rings. The zero-order valence-electron chi connectivity index (χ0n) is 23.1. The third-order valence-corrected chi connectivity index (χ3v) is 7.76. The van der Waals surface area contributed by atoms with Crippen molar-refractivity contribution in [2.24, 2.45) is 0 Å². The Balaban J connectivity index is 1.84. The first-order chi connectivity index (χ1) is 19.5. The van der Waals surface area contributed by atoms with Gasteiger partial charge >= 0.3 is 11.9 Å². The number of carboxylic acid groups (broad SMARTS) is 1. The fourth-order valence-electron chi connectivity index (χ4n) is 5.88. The maximum atomic E-state index is 13.2. The largest absolute Gasteiger partial charge is 0.478 e. The molecule has 2 N–H and O–H groups in total. The van der Waals surface area contributed by atoms with Gasteiger partial charge in [0, 0.05) is 61.3 Å². The molecular formula is C28H31N5O8. The van der Waals surface area contributed by atoms with E-state index in [-0.39, 0.29) is 34.1 Å². The van der Waals surface area contributed by atoms with Gasteiger partial charge in [-0.3, -0.25) is 25.1 Å². The van der Waals surface area contributed by atoms with Gasteiger partial charge in [-0.05, 0) is 31.9 Å². The molecule has 3 unspecified atom stereocenters. The summed E-state index contributed by atoms with van der Waals surface area (Å²) in [7, 11) is 1.20. The Kier molecular flexibility index (Phi) is 8.49. The number of piperazine rings is 1. The van der Waals surface area contributed by atoms with Crippen molar-refractivity contribution in [3.63, 3.8) is 0 Å². The highest BCUT2D eigenvalue weighted by atomic mass is 16.6. The molecule has 0 aromatic heterocycles. The lowest BCUT2D eigenvalue weighted by Gasteiger charge is -2.48. The van der Waals surface area contributed by atoms with Crippen LogP contribution in [0.2, 0.25) is 0 Å². The fourth-order valence-corrected chi connectivity index (χ4v) is 5.88. The summed E-state index contributed by atoms with van der Waals surface area (Å²) >= 11 is 0. The second-order valence-electron chi connectivity index (χ2n) is 9.89. The minimum absolute atomic E-state index is 0.0216. The summed E-state index contributed by atoms with van der Waals surface area (Å²) in [5.74, 6) is -3.11. The summed E-state index contributed by atoms with van der Waals surface area (Å²) in [6, 6.07) is 11.7. The number of allylic oxidation sites excluding steroid dienone is 2. The number of carboxylic acids is 1. The molecule has 2 heterocycles. The Bertz CT molecular complexity index is 1450. The second-order valence-corrected chi connectivity index (χ2v) is 9.89. The van der Waals surface area contributed by atoms with E-state index >= 15 is 0 Å². The maximum absolute atomic E-state index is 13.2. The summed E-state index contributed by atoms with van der Waals surface area (Å²) in [6.45, 7) is 7.04. The quantitative estimate of drug-likeness (QED) is 0.272. The summed E-state index contributed by atoms with van der Waals surface area (Å²) in [5.41, 5.74) is 1.71. The van der Waals surface area contributed by atoms with Crippen LogP contribution in [0.4, 0.5) is 11.4 Å². The molecule has 1 fully saturated rings. The van der Waals surface area contributed by atoms with E-state index in [0.717, 1.165) is 5.56 Å². The van der Waals surface area contributed by atoms with Crippen molar-refractivity contribution >= 4 is 23.3 Å². The van der Waals surface area contributed by atoms with Gasteiger partial charge in [-0.15, -0.1) is 0 Å². The summed E-state index contributed by atoms with van der Waals surface area (Å²) in [4.78, 5) is 51.6. The SMILES string of the molecule is COC(=O)C1=C(C)N(C(C)N2CCNCC2c2ccc([N+](=O)[O-])cc2)C(C)=C(C(=O)O)C1c1cccc([N+](=O)[O-])c1. The van der Waals surface area contributed by atoms with Crippen LogP contribution < -0.4 is 5.32 Å². The molecule has 0 saturated carbocycles. The van der Waals surface area contributed by atoms with Crippen LogP contribution in [0, 0.1) is 20.2 Å². The molecule has 0 aliphatic carbocycles. The Labute approximate surface area is 236 Å². The van der Waals surface area contributed by atoms with Crippen molar-refractivity contribution in [2.75, 3.05) is 26.7 Å². The van der Waals surface area contributed by atoms with E-state index in [1.165, 1.54) is 37.4 Å². The molecule has 2 aliphatic heterocycles. The van der Waals surface area contributed by atoms with Gasteiger partial charge in [-0.25, -0.2) is 9.59 Å². The van der Waals surface area contributed by atoms with Crippen molar-refractivity contribution in [3.8, 4) is 0 Å². The minimum Gasteiger partial charge on any atom is -0.478 e. The van der Waals surface area contributed by atoms with Gasteiger partial charge in [0.1, 0.15) is 0 Å². The summed E-state index contributed by atoms with van der Waals surface area (Å²) < 4.78 is 5.10. The number of hydrogen-bond donors (Lipinski definition) is 2. The number of nitrogens with zero attached hydrogens (tertiary/aromatic N) is 4. The monoisotopic (exact) mass is 565 g/mol. The number of aliphatic carboxylic acids is 1. The molecule has 0 amide bonds. The number of benzene rings is 2. The standard InChI is InChI=1S/C28H31N5O8/c1-16-24(27(34)35)26(20-6-5-7-22(14-20)33(39)40)25(28(36)41-4)17(2)31(16)18(3)30-13-12-29-15-23(30)19-8-10-21(11-9-19)32(37)38/h5-11,14,18,23,26,29H,12-13,15H2,1-4H3,(H,34,35). The van der Waals surface area contributed by atoms with Gasteiger partial charge in [-0.1, -0.05) is 24.3 Å². The molecule has 1 saturated heterocycles. The number of nitrogens with one attached hydrogen (secondary N) is 1. The Morgan fingerprint density at radius 3 is 2.22 bits per heavy atom. The predicted molar refractivity (Wildman–Crippen MR) is 148 cm³/mol. The van der Waals surface area contributed by atoms with Crippen molar-refractivity contribution in [2.45, 2.75) is 38.9 Å². The zero-order chi connectivity index (χ0) is 30.0. The first-order valence-electron chi connectivity index (χ1n) is 12.9. The van der Waals surface area contributed by atoms with E-state index < -0.39 is 33.9 Å². The molecule has 0 radical (unpaired) electrons. The van der Waals surface area contributed by atoms with E-state index in [2.05, 4.69) is 10.2 Å². The van der Waals surface area contributed by atoms with Crippen LogP contribution in [0.25, 0.3) is 0 Å². The van der Waals surface area contributed by atoms with Crippen LogP contribution in [-0.4, -0.2) is 69.6 Å². The molecule has 0 spiro atoms. The zero-order valence-corrected chi connectivity index (χ0v) is 23.1. The minimum atomic E-state index is -1.27. The summed E-state index contributed by atoms with van der Waals surface area (Å²) in [6.07, 6.45) is -0.447. The molecule has 4 rings (SSSR count). The van der Waals surface area contributed by atoms with Crippen LogP contribution >= 0.6 is 0 Å². The highest BCUT2D eigenvalue weighted by Crippen LogP contribution is 2.44. The molecule has 2 aromatic rings. The lowest BCUT2D eigenvalue weighted by atomic mass is 9.79. The van der Waals surface area contributed by atoms with Crippen molar-refractivity contribution in [1.29, 1.82) is 0 Å². The van der Waals surface area contributed by atoms with Gasteiger partial charge in [0.15, 0.2) is 0 Å².